The highest BCUT2D eigenvalue weighted by Crippen LogP contribution is 2.41. The quantitative estimate of drug-likeness (QED) is 0.930. The minimum absolute atomic E-state index is 0.180. The molecule has 2 atom stereocenters. The van der Waals surface area contributed by atoms with E-state index in [-0.39, 0.29) is 6.04 Å². The molecule has 3 nitrogen and oxygen atoms in total. The highest BCUT2D eigenvalue weighted by molar-refractivity contribution is 7.09. The number of nitrogens with two attached hydrogens (primary N) is 1. The molecular weight excluding hydrogens is 278 g/mol. The van der Waals surface area contributed by atoms with Gasteiger partial charge < -0.3 is 10.3 Å². The summed E-state index contributed by atoms with van der Waals surface area (Å²) in [6, 6.07) is 2.47. The predicted molar refractivity (Wildman–Crippen MR) is 88.7 cm³/mol. The molecule has 0 amide bonds. The standard InChI is InChI=1S/C17H25N3S/c1-11(16-19-5-6-21-16)10-20-12(2)7-13-14(18)8-17(3,4)9-15(13)20/h5-7,11,14H,8-10,18H2,1-4H3. The van der Waals surface area contributed by atoms with E-state index in [0.29, 0.717) is 11.3 Å². The monoisotopic (exact) mass is 303 g/mol. The Labute approximate surface area is 131 Å². The van der Waals surface area contributed by atoms with Crippen LogP contribution in [0.15, 0.2) is 17.6 Å². The molecule has 2 unspecified atom stereocenters. The summed E-state index contributed by atoms with van der Waals surface area (Å²) in [7, 11) is 0. The number of aryl methyl sites for hydroxylation is 1. The van der Waals surface area contributed by atoms with Crippen LogP contribution in [-0.4, -0.2) is 9.55 Å². The van der Waals surface area contributed by atoms with Crippen molar-refractivity contribution in [1.29, 1.82) is 0 Å². The number of hydrogen-bond acceptors (Lipinski definition) is 3. The van der Waals surface area contributed by atoms with E-state index in [2.05, 4.69) is 48.7 Å². The van der Waals surface area contributed by atoms with Crippen molar-refractivity contribution in [1.82, 2.24) is 9.55 Å². The molecule has 2 N–H and O–H groups in total. The largest absolute Gasteiger partial charge is 0.348 e. The van der Waals surface area contributed by atoms with Crippen molar-refractivity contribution in [3.8, 4) is 0 Å². The van der Waals surface area contributed by atoms with E-state index in [1.54, 1.807) is 11.3 Å². The summed E-state index contributed by atoms with van der Waals surface area (Å²) < 4.78 is 2.47. The second kappa shape index (κ2) is 5.25. The van der Waals surface area contributed by atoms with Crippen LogP contribution in [0.1, 0.15) is 61.1 Å². The fourth-order valence-electron chi connectivity index (χ4n) is 3.59. The second-order valence-electron chi connectivity index (χ2n) is 7.22. The topological polar surface area (TPSA) is 43.8 Å². The lowest BCUT2D eigenvalue weighted by molar-refractivity contribution is 0.274. The van der Waals surface area contributed by atoms with Crippen molar-refractivity contribution in [2.75, 3.05) is 0 Å². The average molecular weight is 303 g/mol. The van der Waals surface area contributed by atoms with Gasteiger partial charge in [-0.25, -0.2) is 4.98 Å². The SMILES string of the molecule is Cc1cc2c(n1CC(C)c1nccs1)CC(C)(C)CC2N. The highest BCUT2D eigenvalue weighted by atomic mass is 32.1. The summed E-state index contributed by atoms with van der Waals surface area (Å²) in [6.07, 6.45) is 4.09. The van der Waals surface area contributed by atoms with E-state index in [4.69, 9.17) is 5.73 Å². The summed E-state index contributed by atoms with van der Waals surface area (Å²) >= 11 is 1.75. The molecule has 3 rings (SSSR count). The van der Waals surface area contributed by atoms with Gasteiger partial charge >= 0.3 is 0 Å². The van der Waals surface area contributed by atoms with Crippen molar-refractivity contribution in [2.24, 2.45) is 11.1 Å². The van der Waals surface area contributed by atoms with Crippen LogP contribution in [0.2, 0.25) is 0 Å². The molecule has 0 saturated heterocycles. The highest BCUT2D eigenvalue weighted by Gasteiger charge is 2.33. The molecule has 2 heterocycles. The van der Waals surface area contributed by atoms with Gasteiger partial charge in [-0.15, -0.1) is 11.3 Å². The maximum atomic E-state index is 6.41. The normalized spacial score (nSPS) is 22.0. The maximum absolute atomic E-state index is 6.41. The number of aromatic nitrogens is 2. The zero-order valence-electron chi connectivity index (χ0n) is 13.4. The van der Waals surface area contributed by atoms with Gasteiger partial charge in [-0.3, -0.25) is 0 Å². The Kier molecular flexibility index (Phi) is 3.70. The van der Waals surface area contributed by atoms with Crippen LogP contribution in [0.25, 0.3) is 0 Å². The summed E-state index contributed by atoms with van der Waals surface area (Å²) in [6.45, 7) is 10.1. The number of rotatable bonds is 3. The van der Waals surface area contributed by atoms with Crippen LogP contribution in [0.4, 0.5) is 0 Å². The summed E-state index contributed by atoms with van der Waals surface area (Å²) in [5.74, 6) is 0.446. The van der Waals surface area contributed by atoms with Crippen LogP contribution < -0.4 is 5.73 Å². The number of hydrogen-bond donors (Lipinski definition) is 1. The number of nitrogens with zero attached hydrogens (tertiary/aromatic N) is 2. The van der Waals surface area contributed by atoms with E-state index in [0.717, 1.165) is 19.4 Å². The van der Waals surface area contributed by atoms with E-state index in [1.165, 1.54) is 22.0 Å². The first kappa shape index (κ1) is 14.8. The minimum Gasteiger partial charge on any atom is -0.348 e. The molecule has 0 aromatic carbocycles. The molecule has 0 aliphatic heterocycles. The second-order valence-corrected chi connectivity index (χ2v) is 8.15. The first-order valence-electron chi connectivity index (χ1n) is 7.71. The summed E-state index contributed by atoms with van der Waals surface area (Å²) in [5, 5.41) is 3.28. The van der Waals surface area contributed by atoms with Gasteiger partial charge in [0.15, 0.2) is 0 Å². The molecule has 114 valence electrons. The lowest BCUT2D eigenvalue weighted by Crippen LogP contribution is -2.30. The van der Waals surface area contributed by atoms with Crippen molar-refractivity contribution < 1.29 is 0 Å². The lowest BCUT2D eigenvalue weighted by Gasteiger charge is -2.35. The zero-order chi connectivity index (χ0) is 15.2. The maximum Gasteiger partial charge on any atom is 0.0970 e. The van der Waals surface area contributed by atoms with E-state index < -0.39 is 0 Å². The Morgan fingerprint density at radius 2 is 2.29 bits per heavy atom. The van der Waals surface area contributed by atoms with Crippen molar-refractivity contribution in [2.45, 2.75) is 59.0 Å². The Morgan fingerprint density at radius 3 is 2.95 bits per heavy atom. The fraction of sp³-hybridized carbons (Fsp3) is 0.588. The van der Waals surface area contributed by atoms with Crippen molar-refractivity contribution in [3.63, 3.8) is 0 Å². The molecule has 2 aromatic heterocycles. The van der Waals surface area contributed by atoms with Gasteiger partial charge in [0.2, 0.25) is 0 Å². The fourth-order valence-corrected chi connectivity index (χ4v) is 4.28. The Balaban J connectivity index is 1.93. The molecule has 0 fully saturated rings. The zero-order valence-corrected chi connectivity index (χ0v) is 14.2. The van der Waals surface area contributed by atoms with Crippen LogP contribution in [-0.2, 0) is 13.0 Å². The number of fused-ring (bicyclic) bond motifs is 1. The van der Waals surface area contributed by atoms with Crippen LogP contribution in [0.3, 0.4) is 0 Å². The Morgan fingerprint density at radius 1 is 1.52 bits per heavy atom. The third-order valence-corrected chi connectivity index (χ3v) is 5.60. The van der Waals surface area contributed by atoms with Crippen molar-refractivity contribution >= 4 is 11.3 Å². The van der Waals surface area contributed by atoms with E-state index in [9.17, 15) is 0 Å². The first-order valence-corrected chi connectivity index (χ1v) is 8.59. The molecule has 0 radical (unpaired) electrons. The Hall–Kier alpha value is -1.13. The summed E-state index contributed by atoms with van der Waals surface area (Å²) in [4.78, 5) is 4.46. The van der Waals surface area contributed by atoms with Gasteiger partial charge in [0.25, 0.3) is 0 Å². The molecule has 0 saturated carbocycles. The van der Waals surface area contributed by atoms with Crippen molar-refractivity contribution in [3.05, 3.63) is 39.6 Å². The molecule has 2 aromatic rings. The molecule has 21 heavy (non-hydrogen) atoms. The van der Waals surface area contributed by atoms with Crippen LogP contribution in [0, 0.1) is 12.3 Å². The average Bonchev–Trinajstić information content (AvgIpc) is 2.99. The van der Waals surface area contributed by atoms with Gasteiger partial charge in [-0.2, -0.15) is 0 Å². The molecular formula is C17H25N3S. The molecule has 0 spiro atoms. The predicted octanol–water partition coefficient (Wildman–Crippen LogP) is 4.03. The van der Waals surface area contributed by atoms with Gasteiger partial charge in [-0.1, -0.05) is 20.8 Å². The smallest absolute Gasteiger partial charge is 0.0970 e. The molecule has 1 aliphatic carbocycles. The molecule has 1 aliphatic rings. The lowest BCUT2D eigenvalue weighted by atomic mass is 9.74. The van der Waals surface area contributed by atoms with E-state index in [1.807, 2.05) is 6.20 Å². The Bertz CT molecular complexity index is 625. The third kappa shape index (κ3) is 2.79. The van der Waals surface area contributed by atoms with Gasteiger partial charge in [0, 0.05) is 41.5 Å². The summed E-state index contributed by atoms with van der Waals surface area (Å²) in [5.41, 5.74) is 10.8. The first-order chi connectivity index (χ1) is 9.87. The van der Waals surface area contributed by atoms with Gasteiger partial charge in [0.1, 0.15) is 0 Å². The molecule has 4 heteroatoms. The van der Waals surface area contributed by atoms with Gasteiger partial charge in [0.05, 0.1) is 5.01 Å². The third-order valence-electron chi connectivity index (χ3n) is 4.60. The van der Waals surface area contributed by atoms with Crippen LogP contribution in [0.5, 0.6) is 0 Å². The van der Waals surface area contributed by atoms with Crippen LogP contribution >= 0.6 is 11.3 Å². The molecule has 0 bridgehead atoms. The van der Waals surface area contributed by atoms with E-state index >= 15 is 0 Å². The minimum atomic E-state index is 0.180. The number of thiazole rings is 1. The van der Waals surface area contributed by atoms with Gasteiger partial charge in [-0.05, 0) is 36.8 Å².